The molecule has 0 radical (unpaired) electrons. The van der Waals surface area contributed by atoms with Crippen LogP contribution in [0.3, 0.4) is 0 Å². The van der Waals surface area contributed by atoms with Crippen molar-refractivity contribution < 1.29 is 0 Å². The molecule has 1 aliphatic rings. The van der Waals surface area contributed by atoms with Crippen LogP contribution in [0.15, 0.2) is 24.3 Å². The molecule has 1 heterocycles. The Hall–Kier alpha value is -0.860. The second-order valence-electron chi connectivity index (χ2n) is 5.78. The van der Waals surface area contributed by atoms with E-state index in [1.807, 2.05) is 0 Å². The van der Waals surface area contributed by atoms with Gasteiger partial charge >= 0.3 is 0 Å². The molecule has 0 spiro atoms. The smallest absolute Gasteiger partial charge is 0.0309 e. The summed E-state index contributed by atoms with van der Waals surface area (Å²) < 4.78 is 0. The van der Waals surface area contributed by atoms with Gasteiger partial charge in [0.05, 0.1) is 0 Å². The van der Waals surface area contributed by atoms with Gasteiger partial charge in [0.25, 0.3) is 0 Å². The number of likely N-dealkylation sites (tertiary alicyclic amines) is 1. The largest absolute Gasteiger partial charge is 0.324 e. The normalized spacial score (nSPS) is 19.9. The molecule has 0 aromatic heterocycles. The van der Waals surface area contributed by atoms with Crippen molar-refractivity contribution in [2.24, 2.45) is 11.7 Å². The van der Waals surface area contributed by atoms with E-state index in [9.17, 15) is 0 Å². The second-order valence-corrected chi connectivity index (χ2v) is 5.78. The third-order valence-electron chi connectivity index (χ3n) is 4.22. The fourth-order valence-electron chi connectivity index (χ4n) is 2.77. The Balaban J connectivity index is 1.81. The highest BCUT2D eigenvalue weighted by Crippen LogP contribution is 2.20. The number of rotatable bonds is 4. The topological polar surface area (TPSA) is 29.3 Å². The van der Waals surface area contributed by atoms with Crippen molar-refractivity contribution in [2.75, 3.05) is 19.6 Å². The number of aryl methyl sites for hydroxylation is 1. The summed E-state index contributed by atoms with van der Waals surface area (Å²) in [5, 5.41) is 0. The minimum absolute atomic E-state index is 0.186. The average molecular weight is 246 g/mol. The molecule has 0 saturated carbocycles. The van der Waals surface area contributed by atoms with Crippen LogP contribution in [0.1, 0.15) is 43.4 Å². The number of hydrogen-bond donors (Lipinski definition) is 1. The number of benzene rings is 1. The first-order valence-electron chi connectivity index (χ1n) is 7.20. The molecule has 1 fully saturated rings. The van der Waals surface area contributed by atoms with Gasteiger partial charge in [-0.1, -0.05) is 31.2 Å². The summed E-state index contributed by atoms with van der Waals surface area (Å²) >= 11 is 0. The minimum atomic E-state index is 0.186. The van der Waals surface area contributed by atoms with Crippen LogP contribution in [0.5, 0.6) is 0 Å². The third kappa shape index (κ3) is 3.56. The molecule has 1 aromatic rings. The Labute approximate surface area is 111 Å². The van der Waals surface area contributed by atoms with E-state index in [2.05, 4.69) is 43.0 Å². The number of nitrogens with two attached hydrogens (primary N) is 1. The highest BCUT2D eigenvalue weighted by molar-refractivity contribution is 5.28. The van der Waals surface area contributed by atoms with Crippen LogP contribution in [0.4, 0.5) is 0 Å². The van der Waals surface area contributed by atoms with Gasteiger partial charge < -0.3 is 10.6 Å². The van der Waals surface area contributed by atoms with Gasteiger partial charge in [-0.3, -0.25) is 0 Å². The molecule has 1 unspecified atom stereocenters. The highest BCUT2D eigenvalue weighted by Gasteiger charge is 2.16. The van der Waals surface area contributed by atoms with E-state index in [-0.39, 0.29) is 6.04 Å². The third-order valence-corrected chi connectivity index (χ3v) is 4.22. The van der Waals surface area contributed by atoms with Crippen molar-refractivity contribution in [3.05, 3.63) is 35.4 Å². The second kappa shape index (κ2) is 6.35. The first kappa shape index (κ1) is 13.6. The zero-order valence-electron chi connectivity index (χ0n) is 11.7. The van der Waals surface area contributed by atoms with Gasteiger partial charge in [0.2, 0.25) is 0 Å². The summed E-state index contributed by atoms with van der Waals surface area (Å²) in [6, 6.07) is 8.67. The molecule has 2 nitrogen and oxygen atoms in total. The zero-order valence-corrected chi connectivity index (χ0v) is 11.7. The number of nitrogens with zero attached hydrogens (tertiary/aromatic N) is 1. The lowest BCUT2D eigenvalue weighted by Gasteiger charge is -2.31. The van der Waals surface area contributed by atoms with Crippen molar-refractivity contribution in [3.63, 3.8) is 0 Å². The molecular weight excluding hydrogens is 220 g/mol. The van der Waals surface area contributed by atoms with Crippen LogP contribution in [-0.4, -0.2) is 24.5 Å². The van der Waals surface area contributed by atoms with Crippen LogP contribution in [-0.2, 0) is 0 Å². The predicted octanol–water partition coefficient (Wildman–Crippen LogP) is 3.12. The Morgan fingerprint density at radius 2 is 1.94 bits per heavy atom. The van der Waals surface area contributed by atoms with Crippen molar-refractivity contribution in [1.82, 2.24) is 4.90 Å². The maximum Gasteiger partial charge on any atom is 0.0309 e. The van der Waals surface area contributed by atoms with Crippen LogP contribution in [0.2, 0.25) is 0 Å². The standard InChI is InChI=1S/C16H26N2/c1-13-7-10-18(11-8-13)12-9-16(17)15-6-4-3-5-14(15)2/h3-6,13,16H,7-12,17H2,1-2H3. The Bertz CT molecular complexity index is 367. The molecule has 2 heteroatoms. The summed E-state index contributed by atoms with van der Waals surface area (Å²) in [5.74, 6) is 0.909. The van der Waals surface area contributed by atoms with Crippen molar-refractivity contribution >= 4 is 0 Å². The van der Waals surface area contributed by atoms with E-state index in [0.717, 1.165) is 18.9 Å². The van der Waals surface area contributed by atoms with Crippen LogP contribution >= 0.6 is 0 Å². The van der Waals surface area contributed by atoms with E-state index in [4.69, 9.17) is 5.73 Å². The summed E-state index contributed by atoms with van der Waals surface area (Å²) in [7, 11) is 0. The molecule has 0 amide bonds. The summed E-state index contributed by atoms with van der Waals surface area (Å²) in [5.41, 5.74) is 8.94. The molecule has 0 aliphatic carbocycles. The average Bonchev–Trinajstić information content (AvgIpc) is 2.38. The van der Waals surface area contributed by atoms with Gasteiger partial charge in [0, 0.05) is 6.04 Å². The lowest BCUT2D eigenvalue weighted by atomic mass is 9.97. The first-order chi connectivity index (χ1) is 8.66. The molecule has 18 heavy (non-hydrogen) atoms. The summed E-state index contributed by atoms with van der Waals surface area (Å²) in [6.07, 6.45) is 3.76. The predicted molar refractivity (Wildman–Crippen MR) is 77.6 cm³/mol. The summed E-state index contributed by atoms with van der Waals surface area (Å²) in [6.45, 7) is 8.15. The van der Waals surface area contributed by atoms with Crippen LogP contribution < -0.4 is 5.73 Å². The van der Waals surface area contributed by atoms with Crippen LogP contribution in [0, 0.1) is 12.8 Å². The fraction of sp³-hybridized carbons (Fsp3) is 0.625. The lowest BCUT2D eigenvalue weighted by molar-refractivity contribution is 0.187. The van der Waals surface area contributed by atoms with Crippen LogP contribution in [0.25, 0.3) is 0 Å². The number of piperidine rings is 1. The quantitative estimate of drug-likeness (QED) is 0.884. The number of hydrogen-bond acceptors (Lipinski definition) is 2. The lowest BCUT2D eigenvalue weighted by Crippen LogP contribution is -2.34. The van der Waals surface area contributed by atoms with E-state index in [1.54, 1.807) is 0 Å². The van der Waals surface area contributed by atoms with Gasteiger partial charge in [-0.2, -0.15) is 0 Å². The SMILES string of the molecule is Cc1ccccc1C(N)CCN1CCC(C)CC1. The van der Waals surface area contributed by atoms with E-state index in [1.165, 1.54) is 37.1 Å². The Morgan fingerprint density at radius 1 is 1.28 bits per heavy atom. The van der Waals surface area contributed by atoms with E-state index >= 15 is 0 Å². The molecule has 100 valence electrons. The molecule has 1 aliphatic heterocycles. The molecule has 1 atom stereocenters. The Kier molecular flexibility index (Phi) is 4.79. The van der Waals surface area contributed by atoms with Gasteiger partial charge in [0.1, 0.15) is 0 Å². The molecule has 2 N–H and O–H groups in total. The zero-order chi connectivity index (χ0) is 13.0. The fourth-order valence-corrected chi connectivity index (χ4v) is 2.77. The monoisotopic (exact) mass is 246 g/mol. The van der Waals surface area contributed by atoms with E-state index < -0.39 is 0 Å². The molecule has 2 rings (SSSR count). The maximum atomic E-state index is 6.31. The van der Waals surface area contributed by atoms with Crippen molar-refractivity contribution in [2.45, 2.75) is 39.2 Å². The minimum Gasteiger partial charge on any atom is -0.324 e. The van der Waals surface area contributed by atoms with Crippen molar-refractivity contribution in [1.29, 1.82) is 0 Å². The van der Waals surface area contributed by atoms with Gasteiger partial charge in [0.15, 0.2) is 0 Å². The highest BCUT2D eigenvalue weighted by atomic mass is 15.1. The van der Waals surface area contributed by atoms with Crippen molar-refractivity contribution in [3.8, 4) is 0 Å². The summed E-state index contributed by atoms with van der Waals surface area (Å²) in [4.78, 5) is 2.57. The van der Waals surface area contributed by atoms with Gasteiger partial charge in [-0.25, -0.2) is 0 Å². The van der Waals surface area contributed by atoms with Gasteiger partial charge in [-0.05, 0) is 62.9 Å². The first-order valence-corrected chi connectivity index (χ1v) is 7.20. The Morgan fingerprint density at radius 3 is 2.61 bits per heavy atom. The van der Waals surface area contributed by atoms with Gasteiger partial charge in [-0.15, -0.1) is 0 Å². The molecule has 0 bridgehead atoms. The van der Waals surface area contributed by atoms with E-state index in [0.29, 0.717) is 0 Å². The maximum absolute atomic E-state index is 6.31. The molecule has 1 saturated heterocycles. The molecule has 1 aromatic carbocycles. The molecular formula is C16H26N2.